The van der Waals surface area contributed by atoms with Gasteiger partial charge in [-0.15, -0.1) is 11.3 Å². The fourth-order valence-electron chi connectivity index (χ4n) is 2.62. The fraction of sp³-hybridized carbons (Fsp3) is 0.350. The molecule has 1 aromatic carbocycles. The highest BCUT2D eigenvalue weighted by atomic mass is 32.1. The molecule has 0 saturated carbocycles. The number of thiazole rings is 1. The first-order chi connectivity index (χ1) is 14.0. The van der Waals surface area contributed by atoms with Gasteiger partial charge in [0.25, 0.3) is 0 Å². The zero-order valence-corrected chi connectivity index (χ0v) is 17.7. The first kappa shape index (κ1) is 20.8. The molecule has 0 aliphatic heterocycles. The zero-order valence-electron chi connectivity index (χ0n) is 16.9. The lowest BCUT2D eigenvalue weighted by molar-refractivity contribution is 0.627. The fourth-order valence-corrected chi connectivity index (χ4v) is 3.37. The van der Waals surface area contributed by atoms with Gasteiger partial charge in [0.2, 0.25) is 0 Å². The molecule has 0 bridgehead atoms. The topological polar surface area (TPSA) is 70.4 Å². The normalized spacial score (nSPS) is 11.5. The second-order valence-electron chi connectivity index (χ2n) is 6.62. The van der Waals surface area contributed by atoms with Crippen molar-refractivity contribution in [1.82, 2.24) is 25.4 Å². The van der Waals surface area contributed by atoms with Gasteiger partial charge in [-0.05, 0) is 37.3 Å². The van der Waals surface area contributed by atoms with Crippen LogP contribution in [-0.2, 0) is 13.0 Å². The van der Waals surface area contributed by atoms with Gasteiger partial charge in [0.15, 0.2) is 11.1 Å². The molecule has 9 heteroatoms. The SMILES string of the molecule is CCNC(=NCc1csc(N(C)C)n1)NCCc1ccn(-c2ccc(F)cc2)n1. The van der Waals surface area contributed by atoms with Crippen LogP contribution in [0.5, 0.6) is 0 Å². The Hall–Kier alpha value is -2.94. The van der Waals surface area contributed by atoms with Crippen molar-refractivity contribution in [3.05, 3.63) is 59.1 Å². The quantitative estimate of drug-likeness (QED) is 0.437. The van der Waals surface area contributed by atoms with Gasteiger partial charge in [-0.3, -0.25) is 0 Å². The molecule has 3 rings (SSSR count). The molecule has 154 valence electrons. The summed E-state index contributed by atoms with van der Waals surface area (Å²) in [6.45, 7) is 4.05. The molecule has 0 radical (unpaired) electrons. The van der Waals surface area contributed by atoms with E-state index in [0.29, 0.717) is 13.1 Å². The second-order valence-corrected chi connectivity index (χ2v) is 7.45. The van der Waals surface area contributed by atoms with Gasteiger partial charge in [-0.1, -0.05) is 0 Å². The average molecular weight is 416 g/mol. The molecule has 0 aliphatic carbocycles. The summed E-state index contributed by atoms with van der Waals surface area (Å²) in [5.74, 6) is 0.501. The minimum atomic E-state index is -0.254. The smallest absolute Gasteiger partial charge is 0.191 e. The van der Waals surface area contributed by atoms with Crippen molar-refractivity contribution in [1.29, 1.82) is 0 Å². The third-order valence-corrected chi connectivity index (χ3v) is 5.13. The maximum Gasteiger partial charge on any atom is 0.191 e. The minimum absolute atomic E-state index is 0.254. The van der Waals surface area contributed by atoms with Crippen molar-refractivity contribution in [3.63, 3.8) is 0 Å². The van der Waals surface area contributed by atoms with Crippen LogP contribution in [0.25, 0.3) is 5.69 Å². The Labute approximate surface area is 174 Å². The predicted molar refractivity (Wildman–Crippen MR) is 116 cm³/mol. The van der Waals surface area contributed by atoms with E-state index in [0.717, 1.165) is 41.1 Å². The van der Waals surface area contributed by atoms with E-state index in [4.69, 9.17) is 0 Å². The number of hydrogen-bond acceptors (Lipinski definition) is 5. The Kier molecular flexibility index (Phi) is 7.18. The number of rotatable bonds is 8. The summed E-state index contributed by atoms with van der Waals surface area (Å²) < 4.78 is 14.8. The number of anilines is 1. The highest BCUT2D eigenvalue weighted by Gasteiger charge is 2.05. The lowest BCUT2D eigenvalue weighted by Crippen LogP contribution is -2.38. The summed E-state index contributed by atoms with van der Waals surface area (Å²) >= 11 is 1.61. The first-order valence-electron chi connectivity index (χ1n) is 9.49. The summed E-state index contributed by atoms with van der Waals surface area (Å²) in [7, 11) is 3.96. The summed E-state index contributed by atoms with van der Waals surface area (Å²) in [6.07, 6.45) is 2.63. The molecule has 0 amide bonds. The number of halogens is 1. The first-order valence-corrected chi connectivity index (χ1v) is 10.4. The van der Waals surface area contributed by atoms with Crippen molar-refractivity contribution in [2.75, 3.05) is 32.1 Å². The minimum Gasteiger partial charge on any atom is -0.357 e. The van der Waals surface area contributed by atoms with E-state index in [2.05, 4.69) is 25.7 Å². The molecule has 2 heterocycles. The Morgan fingerprint density at radius 2 is 1.97 bits per heavy atom. The molecule has 7 nitrogen and oxygen atoms in total. The van der Waals surface area contributed by atoms with Crippen LogP contribution in [0.3, 0.4) is 0 Å². The van der Waals surface area contributed by atoms with Crippen LogP contribution in [0.15, 0.2) is 46.9 Å². The highest BCUT2D eigenvalue weighted by molar-refractivity contribution is 7.13. The van der Waals surface area contributed by atoms with Crippen LogP contribution in [0.2, 0.25) is 0 Å². The third-order valence-electron chi connectivity index (χ3n) is 4.07. The molecule has 0 atom stereocenters. The number of benzene rings is 1. The summed E-state index contributed by atoms with van der Waals surface area (Å²) in [5.41, 5.74) is 2.74. The zero-order chi connectivity index (χ0) is 20.6. The van der Waals surface area contributed by atoms with Crippen LogP contribution in [-0.4, -0.2) is 47.9 Å². The van der Waals surface area contributed by atoms with Crippen molar-refractivity contribution < 1.29 is 4.39 Å². The molecule has 2 N–H and O–H groups in total. The Morgan fingerprint density at radius 1 is 1.17 bits per heavy atom. The number of aromatic nitrogens is 3. The summed E-state index contributed by atoms with van der Waals surface area (Å²) in [4.78, 5) is 11.2. The van der Waals surface area contributed by atoms with Crippen molar-refractivity contribution in [2.24, 2.45) is 4.99 Å². The molecule has 0 unspecified atom stereocenters. The second kappa shape index (κ2) is 10.0. The number of hydrogen-bond donors (Lipinski definition) is 2. The molecular formula is C20H26FN7S. The number of nitrogens with zero attached hydrogens (tertiary/aromatic N) is 5. The van der Waals surface area contributed by atoms with Gasteiger partial charge in [-0.25, -0.2) is 19.0 Å². The maximum atomic E-state index is 13.1. The molecule has 29 heavy (non-hydrogen) atoms. The van der Waals surface area contributed by atoms with Crippen molar-refractivity contribution >= 4 is 22.4 Å². The number of nitrogens with one attached hydrogen (secondary N) is 2. The molecule has 0 aliphatic rings. The van der Waals surface area contributed by atoms with E-state index >= 15 is 0 Å². The number of aliphatic imine (C=N–C) groups is 1. The number of guanidine groups is 1. The monoisotopic (exact) mass is 415 g/mol. The average Bonchev–Trinajstić information content (AvgIpc) is 3.36. The molecule has 2 aromatic heterocycles. The largest absolute Gasteiger partial charge is 0.357 e. The van der Waals surface area contributed by atoms with Gasteiger partial charge in [0, 0.05) is 45.2 Å². The Morgan fingerprint density at radius 3 is 2.66 bits per heavy atom. The molecule has 0 spiro atoms. The summed E-state index contributed by atoms with van der Waals surface area (Å²) in [5, 5.41) is 14.1. The van der Waals surface area contributed by atoms with Gasteiger partial charge in [-0.2, -0.15) is 5.10 Å². The van der Waals surface area contributed by atoms with Crippen LogP contribution >= 0.6 is 11.3 Å². The van der Waals surface area contributed by atoms with Crippen LogP contribution in [0, 0.1) is 5.82 Å². The van der Waals surface area contributed by atoms with E-state index in [1.807, 2.05) is 43.6 Å². The lowest BCUT2D eigenvalue weighted by Gasteiger charge is -2.10. The Bertz CT molecular complexity index is 930. The van der Waals surface area contributed by atoms with E-state index in [-0.39, 0.29) is 5.82 Å². The lowest BCUT2D eigenvalue weighted by atomic mass is 10.3. The van der Waals surface area contributed by atoms with Crippen molar-refractivity contribution in [2.45, 2.75) is 19.9 Å². The van der Waals surface area contributed by atoms with Gasteiger partial charge in [0.1, 0.15) is 5.82 Å². The van der Waals surface area contributed by atoms with Gasteiger partial charge >= 0.3 is 0 Å². The highest BCUT2D eigenvalue weighted by Crippen LogP contribution is 2.18. The third kappa shape index (κ3) is 6.02. The van der Waals surface area contributed by atoms with Gasteiger partial charge in [0.05, 0.1) is 23.6 Å². The maximum absolute atomic E-state index is 13.1. The van der Waals surface area contributed by atoms with Crippen molar-refractivity contribution in [3.8, 4) is 5.69 Å². The van der Waals surface area contributed by atoms with Crippen LogP contribution < -0.4 is 15.5 Å². The van der Waals surface area contributed by atoms with Crippen LogP contribution in [0.1, 0.15) is 18.3 Å². The molecule has 0 fully saturated rings. The summed E-state index contributed by atoms with van der Waals surface area (Å²) in [6, 6.07) is 8.25. The van der Waals surface area contributed by atoms with Gasteiger partial charge < -0.3 is 15.5 Å². The van der Waals surface area contributed by atoms with E-state index in [1.54, 1.807) is 28.2 Å². The predicted octanol–water partition coefficient (Wildman–Crippen LogP) is 2.83. The Balaban J connectivity index is 1.53. The molecule has 0 saturated heterocycles. The van der Waals surface area contributed by atoms with Crippen LogP contribution in [0.4, 0.5) is 9.52 Å². The van der Waals surface area contributed by atoms with E-state index in [9.17, 15) is 4.39 Å². The standard InChI is InChI=1S/C20H26FN7S/c1-4-22-19(24-13-17-14-29-20(25-17)27(2)3)23-11-9-16-10-12-28(26-16)18-7-5-15(21)6-8-18/h5-8,10,12,14H,4,9,11,13H2,1-3H3,(H2,22,23,24). The van der Waals surface area contributed by atoms with E-state index in [1.165, 1.54) is 12.1 Å². The molecule has 3 aromatic rings. The van der Waals surface area contributed by atoms with E-state index < -0.39 is 0 Å². The molecular weight excluding hydrogens is 389 g/mol.